The molecule has 1 aliphatic heterocycles. The molecular formula is C22H29ClN6O2. The quantitative estimate of drug-likeness (QED) is 0.693. The topological polar surface area (TPSA) is 73.7 Å². The fourth-order valence-electron chi connectivity index (χ4n) is 4.31. The molecule has 2 heterocycles. The number of hydrogen-bond donors (Lipinski definition) is 1. The number of nitrogens with one attached hydrogen (secondary N) is 1. The molecule has 0 bridgehead atoms. The summed E-state index contributed by atoms with van der Waals surface area (Å²) >= 11 is 6.32. The maximum atomic E-state index is 12.9. The Morgan fingerprint density at radius 2 is 1.90 bits per heavy atom. The fourth-order valence-corrected chi connectivity index (χ4v) is 4.54. The summed E-state index contributed by atoms with van der Waals surface area (Å²) in [5.74, 6) is -0.257. The zero-order chi connectivity index (χ0) is 21.8. The molecule has 8 nitrogen and oxygen atoms in total. The number of hydrogen-bond acceptors (Lipinski definition) is 5. The van der Waals surface area contributed by atoms with Crippen LogP contribution < -0.4 is 15.2 Å². The van der Waals surface area contributed by atoms with E-state index in [2.05, 4.69) is 27.3 Å². The van der Waals surface area contributed by atoms with Crippen molar-refractivity contribution in [1.29, 1.82) is 0 Å². The van der Waals surface area contributed by atoms with E-state index >= 15 is 0 Å². The van der Waals surface area contributed by atoms with Crippen molar-refractivity contribution in [3.05, 3.63) is 41.2 Å². The molecule has 2 amide bonds. The molecule has 2 aliphatic rings. The van der Waals surface area contributed by atoms with E-state index in [1.807, 2.05) is 12.1 Å². The maximum absolute atomic E-state index is 12.9. The van der Waals surface area contributed by atoms with Gasteiger partial charge in [0.25, 0.3) is 5.91 Å². The highest BCUT2D eigenvalue weighted by Crippen LogP contribution is 2.25. The summed E-state index contributed by atoms with van der Waals surface area (Å²) in [6.45, 7) is 3.74. The van der Waals surface area contributed by atoms with E-state index in [1.165, 1.54) is 11.2 Å². The van der Waals surface area contributed by atoms with Gasteiger partial charge in [-0.3, -0.25) is 9.59 Å². The SMILES string of the molecule is CN1CCN(c2cc(Cl)cc(C(=O)Nc3cnn(N(C=O)C4CCCCC4)c3)c2)CC1. The lowest BCUT2D eigenvalue weighted by molar-refractivity contribution is -0.109. The first-order valence-corrected chi connectivity index (χ1v) is 11.3. The summed E-state index contributed by atoms with van der Waals surface area (Å²) in [5.41, 5.74) is 1.98. The Labute approximate surface area is 187 Å². The molecule has 4 rings (SSSR count). The van der Waals surface area contributed by atoms with Crippen molar-refractivity contribution in [2.45, 2.75) is 38.1 Å². The number of aromatic nitrogens is 2. The Morgan fingerprint density at radius 3 is 2.61 bits per heavy atom. The molecule has 1 aromatic carbocycles. The molecular weight excluding hydrogens is 416 g/mol. The predicted molar refractivity (Wildman–Crippen MR) is 122 cm³/mol. The minimum absolute atomic E-state index is 0.147. The van der Waals surface area contributed by atoms with Crippen LogP contribution in [0.2, 0.25) is 5.02 Å². The minimum atomic E-state index is -0.257. The summed E-state index contributed by atoms with van der Waals surface area (Å²) in [4.78, 5) is 30.6. The van der Waals surface area contributed by atoms with E-state index in [0.717, 1.165) is 64.0 Å². The van der Waals surface area contributed by atoms with E-state index in [4.69, 9.17) is 11.6 Å². The number of carbonyl (C=O) groups excluding carboxylic acids is 2. The molecule has 0 spiro atoms. The van der Waals surface area contributed by atoms with Gasteiger partial charge in [-0.05, 0) is 38.1 Å². The van der Waals surface area contributed by atoms with Gasteiger partial charge in [0.15, 0.2) is 0 Å². The monoisotopic (exact) mass is 444 g/mol. The van der Waals surface area contributed by atoms with Crippen molar-refractivity contribution < 1.29 is 9.59 Å². The molecule has 1 N–H and O–H groups in total. The number of carbonyl (C=O) groups is 2. The van der Waals surface area contributed by atoms with Crippen LogP contribution in [-0.2, 0) is 4.79 Å². The summed E-state index contributed by atoms with van der Waals surface area (Å²) in [6.07, 6.45) is 9.42. The van der Waals surface area contributed by atoms with Crippen LogP contribution in [0.15, 0.2) is 30.6 Å². The number of benzene rings is 1. The molecule has 0 radical (unpaired) electrons. The summed E-state index contributed by atoms with van der Waals surface area (Å²) < 4.78 is 0. The number of rotatable bonds is 6. The Bertz CT molecular complexity index is 918. The Hall–Kier alpha value is -2.58. The molecule has 9 heteroatoms. The second-order valence-electron chi connectivity index (χ2n) is 8.37. The number of halogens is 1. The lowest BCUT2D eigenvalue weighted by Gasteiger charge is -2.34. The third-order valence-electron chi connectivity index (χ3n) is 6.13. The van der Waals surface area contributed by atoms with Crippen molar-refractivity contribution in [1.82, 2.24) is 14.8 Å². The van der Waals surface area contributed by atoms with Crippen molar-refractivity contribution >= 4 is 35.3 Å². The van der Waals surface area contributed by atoms with E-state index < -0.39 is 0 Å². The fraction of sp³-hybridized carbons (Fsp3) is 0.500. The molecule has 1 aromatic heterocycles. The van der Waals surface area contributed by atoms with Crippen LogP contribution in [-0.4, -0.2) is 66.4 Å². The highest BCUT2D eigenvalue weighted by Gasteiger charge is 2.22. The first-order chi connectivity index (χ1) is 15.0. The molecule has 1 saturated carbocycles. The van der Waals surface area contributed by atoms with Crippen molar-refractivity contribution in [2.24, 2.45) is 0 Å². The second kappa shape index (κ2) is 9.70. The number of piperazine rings is 1. The van der Waals surface area contributed by atoms with E-state index in [0.29, 0.717) is 16.3 Å². The number of likely N-dealkylation sites (N-methyl/N-ethyl adjacent to an activating group) is 1. The van der Waals surface area contributed by atoms with Gasteiger partial charge < -0.3 is 15.1 Å². The van der Waals surface area contributed by atoms with Gasteiger partial charge in [-0.25, -0.2) is 5.01 Å². The van der Waals surface area contributed by atoms with Gasteiger partial charge in [-0.15, -0.1) is 0 Å². The van der Waals surface area contributed by atoms with Crippen molar-refractivity contribution in [3.63, 3.8) is 0 Å². The Balaban J connectivity index is 1.45. The predicted octanol–water partition coefficient (Wildman–Crippen LogP) is 2.97. The van der Waals surface area contributed by atoms with Gasteiger partial charge >= 0.3 is 0 Å². The van der Waals surface area contributed by atoms with Gasteiger partial charge in [-0.2, -0.15) is 9.89 Å². The molecule has 0 unspecified atom stereocenters. The normalized spacial score (nSPS) is 18.1. The van der Waals surface area contributed by atoms with Gasteiger partial charge in [-0.1, -0.05) is 30.9 Å². The molecule has 31 heavy (non-hydrogen) atoms. The largest absolute Gasteiger partial charge is 0.369 e. The number of amides is 2. The zero-order valence-electron chi connectivity index (χ0n) is 17.8. The second-order valence-corrected chi connectivity index (χ2v) is 8.81. The van der Waals surface area contributed by atoms with E-state index in [9.17, 15) is 9.59 Å². The highest BCUT2D eigenvalue weighted by molar-refractivity contribution is 6.31. The van der Waals surface area contributed by atoms with Crippen LogP contribution in [0.5, 0.6) is 0 Å². The van der Waals surface area contributed by atoms with Crippen LogP contribution >= 0.6 is 11.6 Å². The van der Waals surface area contributed by atoms with Gasteiger partial charge in [0.05, 0.1) is 24.1 Å². The summed E-state index contributed by atoms with van der Waals surface area (Å²) in [5, 5.41) is 9.30. The average molecular weight is 445 g/mol. The summed E-state index contributed by atoms with van der Waals surface area (Å²) in [6, 6.07) is 5.58. The molecule has 1 aliphatic carbocycles. The van der Waals surface area contributed by atoms with E-state index in [1.54, 1.807) is 23.5 Å². The lowest BCUT2D eigenvalue weighted by atomic mass is 9.95. The third-order valence-corrected chi connectivity index (χ3v) is 6.35. The van der Waals surface area contributed by atoms with Crippen LogP contribution in [0.25, 0.3) is 0 Å². The third kappa shape index (κ3) is 5.19. The minimum Gasteiger partial charge on any atom is -0.369 e. The molecule has 1 saturated heterocycles. The van der Waals surface area contributed by atoms with Crippen LogP contribution in [0.3, 0.4) is 0 Å². The lowest BCUT2D eigenvalue weighted by Crippen LogP contribution is -2.44. The first kappa shape index (κ1) is 21.6. The zero-order valence-corrected chi connectivity index (χ0v) is 18.6. The molecule has 2 fully saturated rings. The average Bonchev–Trinajstić information content (AvgIpc) is 3.23. The highest BCUT2D eigenvalue weighted by atomic mass is 35.5. The van der Waals surface area contributed by atoms with Gasteiger partial charge in [0.1, 0.15) is 0 Å². The maximum Gasteiger partial charge on any atom is 0.255 e. The first-order valence-electron chi connectivity index (χ1n) is 10.9. The van der Waals surface area contributed by atoms with Crippen molar-refractivity contribution in [2.75, 3.05) is 48.5 Å². The smallest absolute Gasteiger partial charge is 0.255 e. The van der Waals surface area contributed by atoms with E-state index in [-0.39, 0.29) is 11.9 Å². The van der Waals surface area contributed by atoms with Crippen LogP contribution in [0.4, 0.5) is 11.4 Å². The van der Waals surface area contributed by atoms with Crippen molar-refractivity contribution in [3.8, 4) is 0 Å². The Morgan fingerprint density at radius 1 is 1.16 bits per heavy atom. The number of anilines is 2. The molecule has 0 atom stereocenters. The molecule has 166 valence electrons. The number of nitrogens with zero attached hydrogens (tertiary/aromatic N) is 5. The standard InChI is InChI=1S/C22H29ClN6O2/c1-26-7-9-27(10-8-26)21-12-17(11-18(23)13-21)22(31)25-19-14-24-29(15-19)28(16-30)20-5-3-2-4-6-20/h11-16,20H,2-10H2,1H3,(H,25,31). The van der Waals surface area contributed by atoms with Crippen LogP contribution in [0.1, 0.15) is 42.5 Å². The Kier molecular flexibility index (Phi) is 6.77. The summed E-state index contributed by atoms with van der Waals surface area (Å²) in [7, 11) is 2.11. The molecule has 2 aromatic rings. The van der Waals surface area contributed by atoms with Gasteiger partial charge in [0.2, 0.25) is 6.41 Å². The van der Waals surface area contributed by atoms with Gasteiger partial charge in [0, 0.05) is 42.5 Å². The van der Waals surface area contributed by atoms with Crippen LogP contribution in [0, 0.1) is 0 Å².